The fourth-order valence-corrected chi connectivity index (χ4v) is 4.17. The lowest BCUT2D eigenvalue weighted by atomic mass is 10.0. The zero-order chi connectivity index (χ0) is 23.0. The number of nitrogens with zero attached hydrogens (tertiary/aromatic N) is 4. The summed E-state index contributed by atoms with van der Waals surface area (Å²) in [5, 5.41) is 18.5. The smallest absolute Gasteiger partial charge is 0.251 e. The molecule has 0 aliphatic rings. The number of carbonyl (C=O) groups excluding carboxylic acids is 1. The standard InChI is InChI=1S/C20H19ClFIN7OP/c1-3-24-18(31)11-5-4-10(8-13(11)20(22,23)32)17-27-19(30(2)29-17)26-15-7-6-14-12(16(15)21)9-25-28-14/h4-9H,3,32H2,1-2H3,(H,24,31)(H,25,28)(H,26,27,29). The second-order valence-corrected chi connectivity index (χ2v) is 10.9. The summed E-state index contributed by atoms with van der Waals surface area (Å²) in [6.45, 7) is 2.25. The molecule has 8 nitrogen and oxygen atoms in total. The second kappa shape index (κ2) is 8.92. The maximum Gasteiger partial charge on any atom is 0.251 e. The number of fused-ring (bicyclic) bond motifs is 1. The summed E-state index contributed by atoms with van der Waals surface area (Å²) in [6, 6.07) is 8.55. The van der Waals surface area contributed by atoms with Crippen molar-refractivity contribution in [3.8, 4) is 11.4 Å². The van der Waals surface area contributed by atoms with Crippen LogP contribution >= 0.6 is 43.4 Å². The van der Waals surface area contributed by atoms with Gasteiger partial charge in [0, 0.05) is 35.7 Å². The van der Waals surface area contributed by atoms with E-state index in [0.717, 1.165) is 10.9 Å². The van der Waals surface area contributed by atoms with Crippen LogP contribution in [0.15, 0.2) is 36.5 Å². The van der Waals surface area contributed by atoms with E-state index in [2.05, 4.69) is 40.2 Å². The monoisotopic (exact) mass is 585 g/mol. The van der Waals surface area contributed by atoms with Gasteiger partial charge in [-0.3, -0.25) is 9.89 Å². The van der Waals surface area contributed by atoms with Crippen LogP contribution in [0.4, 0.5) is 16.0 Å². The first kappa shape index (κ1) is 22.9. The average Bonchev–Trinajstić information content (AvgIpc) is 3.36. The molecule has 2 heterocycles. The lowest BCUT2D eigenvalue weighted by Crippen LogP contribution is -2.25. The van der Waals surface area contributed by atoms with E-state index in [1.807, 2.05) is 19.1 Å². The molecule has 2 aromatic carbocycles. The number of halogens is 3. The first-order valence-corrected chi connectivity index (χ1v) is 11.6. The zero-order valence-electron chi connectivity index (χ0n) is 17.1. The maximum atomic E-state index is 14.9. The van der Waals surface area contributed by atoms with Crippen molar-refractivity contribution in [1.29, 1.82) is 0 Å². The fraction of sp³-hybridized carbons (Fsp3) is 0.200. The molecule has 2 atom stereocenters. The summed E-state index contributed by atoms with van der Waals surface area (Å²) in [5.41, 5.74) is 2.54. The van der Waals surface area contributed by atoms with Crippen molar-refractivity contribution in [1.82, 2.24) is 30.3 Å². The summed E-state index contributed by atoms with van der Waals surface area (Å²) in [5.74, 6) is 0.492. The van der Waals surface area contributed by atoms with Crippen molar-refractivity contribution in [3.63, 3.8) is 0 Å². The molecule has 4 aromatic rings. The highest BCUT2D eigenvalue weighted by atomic mass is 127. The molecule has 0 bridgehead atoms. The lowest BCUT2D eigenvalue weighted by molar-refractivity contribution is 0.0953. The quantitative estimate of drug-likeness (QED) is 0.170. The zero-order valence-corrected chi connectivity index (χ0v) is 21.1. The summed E-state index contributed by atoms with van der Waals surface area (Å²) in [6.07, 6.45) is 1.65. The molecule has 0 aliphatic carbocycles. The average molecular weight is 586 g/mol. The van der Waals surface area contributed by atoms with E-state index in [0.29, 0.717) is 34.6 Å². The van der Waals surface area contributed by atoms with E-state index in [1.165, 1.54) is 0 Å². The Labute approximate surface area is 204 Å². The molecule has 32 heavy (non-hydrogen) atoms. The number of benzene rings is 2. The van der Waals surface area contributed by atoms with Crippen molar-refractivity contribution in [3.05, 3.63) is 52.7 Å². The molecule has 1 amide bonds. The first-order valence-electron chi connectivity index (χ1n) is 9.58. The number of rotatable bonds is 6. The molecule has 0 saturated heterocycles. The summed E-state index contributed by atoms with van der Waals surface area (Å²) >= 11 is 8.13. The van der Waals surface area contributed by atoms with E-state index in [-0.39, 0.29) is 17.0 Å². The predicted molar refractivity (Wildman–Crippen MR) is 135 cm³/mol. The van der Waals surface area contributed by atoms with Crippen molar-refractivity contribution in [2.75, 3.05) is 11.9 Å². The van der Waals surface area contributed by atoms with Crippen molar-refractivity contribution < 1.29 is 9.18 Å². The number of aromatic amines is 1. The van der Waals surface area contributed by atoms with Gasteiger partial charge in [-0.2, -0.15) is 10.1 Å². The van der Waals surface area contributed by atoms with Crippen LogP contribution in [-0.2, 0) is 10.5 Å². The molecular weight excluding hydrogens is 567 g/mol. The van der Waals surface area contributed by atoms with E-state index in [4.69, 9.17) is 11.6 Å². The Morgan fingerprint density at radius 2 is 2.16 bits per heavy atom. The highest BCUT2D eigenvalue weighted by Crippen LogP contribution is 2.43. The minimum Gasteiger partial charge on any atom is -0.352 e. The Bertz CT molecular complexity index is 1320. The predicted octanol–water partition coefficient (Wildman–Crippen LogP) is 4.90. The molecule has 0 radical (unpaired) electrons. The maximum absolute atomic E-state index is 14.9. The van der Waals surface area contributed by atoms with Crippen LogP contribution < -0.4 is 10.6 Å². The number of amides is 1. The van der Waals surface area contributed by atoms with Gasteiger partial charge in [0.15, 0.2) is 9.24 Å². The van der Waals surface area contributed by atoms with Gasteiger partial charge in [0.05, 0.1) is 22.4 Å². The Hall–Kier alpha value is -2.30. The van der Waals surface area contributed by atoms with Crippen LogP contribution in [-0.4, -0.2) is 37.4 Å². The van der Waals surface area contributed by atoms with Gasteiger partial charge in [-0.25, -0.2) is 9.07 Å². The van der Waals surface area contributed by atoms with Crippen LogP contribution in [0.1, 0.15) is 22.8 Å². The Balaban J connectivity index is 1.70. The Morgan fingerprint density at radius 3 is 2.88 bits per heavy atom. The van der Waals surface area contributed by atoms with Gasteiger partial charge >= 0.3 is 0 Å². The van der Waals surface area contributed by atoms with E-state index >= 15 is 0 Å². The number of aromatic nitrogens is 5. The van der Waals surface area contributed by atoms with E-state index < -0.39 is 3.42 Å². The van der Waals surface area contributed by atoms with Crippen molar-refractivity contribution in [2.24, 2.45) is 7.05 Å². The number of nitrogens with one attached hydrogen (secondary N) is 3. The molecule has 0 aliphatic heterocycles. The van der Waals surface area contributed by atoms with E-state index in [9.17, 15) is 9.18 Å². The van der Waals surface area contributed by atoms with Crippen molar-refractivity contribution >= 4 is 71.9 Å². The molecule has 2 aromatic heterocycles. The largest absolute Gasteiger partial charge is 0.352 e. The highest BCUT2D eigenvalue weighted by molar-refractivity contribution is 14.1. The Kier molecular flexibility index (Phi) is 6.37. The molecule has 0 fully saturated rings. The lowest BCUT2D eigenvalue weighted by Gasteiger charge is -2.18. The van der Waals surface area contributed by atoms with Crippen LogP contribution in [0, 0.1) is 0 Å². The van der Waals surface area contributed by atoms with Gasteiger partial charge in [-0.05, 0) is 53.8 Å². The number of carbonyl (C=O) groups is 1. The van der Waals surface area contributed by atoms with Gasteiger partial charge in [-0.1, -0.05) is 26.9 Å². The van der Waals surface area contributed by atoms with Gasteiger partial charge in [0.2, 0.25) is 5.95 Å². The summed E-state index contributed by atoms with van der Waals surface area (Å²) in [7, 11) is 3.86. The van der Waals surface area contributed by atoms with Gasteiger partial charge in [0.1, 0.15) is 0 Å². The van der Waals surface area contributed by atoms with Gasteiger partial charge < -0.3 is 10.6 Å². The minimum absolute atomic E-state index is 0.224. The molecule has 0 saturated carbocycles. The third-order valence-corrected chi connectivity index (χ3v) is 6.09. The van der Waals surface area contributed by atoms with E-state index in [1.54, 1.807) is 58.7 Å². The number of hydrogen-bond donors (Lipinski definition) is 3. The molecule has 3 N–H and O–H groups in total. The Morgan fingerprint density at radius 1 is 1.38 bits per heavy atom. The number of aryl methyl sites for hydroxylation is 1. The van der Waals surface area contributed by atoms with Crippen LogP contribution in [0.25, 0.3) is 22.3 Å². The first-order chi connectivity index (χ1) is 15.2. The van der Waals surface area contributed by atoms with Gasteiger partial charge in [0.25, 0.3) is 5.91 Å². The number of hydrogen-bond acceptors (Lipinski definition) is 5. The molecular formula is C20H19ClFIN7OP. The fourth-order valence-electron chi connectivity index (χ4n) is 3.23. The molecule has 4 rings (SSSR count). The summed E-state index contributed by atoms with van der Waals surface area (Å²) < 4.78 is 14.6. The summed E-state index contributed by atoms with van der Waals surface area (Å²) in [4.78, 5) is 16.9. The number of alkyl halides is 2. The van der Waals surface area contributed by atoms with Crippen LogP contribution in [0.3, 0.4) is 0 Å². The normalized spacial score (nSPS) is 13.2. The third kappa shape index (κ3) is 4.44. The SMILES string of the molecule is CCNC(=O)c1ccc(-c2nc(Nc3ccc4[nH]ncc4c3Cl)n(C)n2)cc1C(F)(P)I. The molecule has 12 heteroatoms. The number of anilines is 2. The number of H-pyrrole nitrogens is 1. The molecule has 2 unspecified atom stereocenters. The third-order valence-electron chi connectivity index (χ3n) is 4.79. The molecule has 0 spiro atoms. The van der Waals surface area contributed by atoms with Gasteiger partial charge in [-0.15, -0.1) is 5.10 Å². The topological polar surface area (TPSA) is 101 Å². The highest BCUT2D eigenvalue weighted by Gasteiger charge is 2.28. The second-order valence-electron chi connectivity index (χ2n) is 7.01. The van der Waals surface area contributed by atoms with Crippen LogP contribution in [0.2, 0.25) is 5.02 Å². The van der Waals surface area contributed by atoms with Crippen molar-refractivity contribution in [2.45, 2.75) is 10.3 Å². The molecule has 166 valence electrons. The minimum atomic E-state index is -1.84. The van der Waals surface area contributed by atoms with Crippen LogP contribution in [0.5, 0.6) is 0 Å².